The molecule has 80 valence electrons. The predicted octanol–water partition coefficient (Wildman–Crippen LogP) is 1.93. The summed E-state index contributed by atoms with van der Waals surface area (Å²) in [5.41, 5.74) is -1.21. The predicted molar refractivity (Wildman–Crippen MR) is 44.4 cm³/mol. The third-order valence-electron chi connectivity index (χ3n) is 2.23. The molecule has 0 radical (unpaired) electrons. The summed E-state index contributed by atoms with van der Waals surface area (Å²) in [6, 6.07) is 0. The monoisotopic (exact) mass is 216 g/mol. The van der Waals surface area contributed by atoms with E-state index in [1.807, 2.05) is 0 Å². The summed E-state index contributed by atoms with van der Waals surface area (Å²) in [4.78, 5) is 18.4. The molecule has 1 aromatic rings. The Morgan fingerprint density at radius 2 is 1.87 bits per heavy atom. The molecule has 0 N–H and O–H groups in total. The van der Waals surface area contributed by atoms with Gasteiger partial charge in [-0.15, -0.1) is 0 Å². The highest BCUT2D eigenvalue weighted by molar-refractivity contribution is 6.01. The van der Waals surface area contributed by atoms with Crippen molar-refractivity contribution in [2.75, 3.05) is 0 Å². The summed E-state index contributed by atoms with van der Waals surface area (Å²) in [7, 11) is 0. The van der Waals surface area contributed by atoms with Gasteiger partial charge in [0.2, 0.25) is 0 Å². The lowest BCUT2D eigenvalue weighted by Gasteiger charge is -2.10. The normalized spacial score (nSPS) is 15.6. The van der Waals surface area contributed by atoms with Gasteiger partial charge in [0, 0.05) is 6.42 Å². The summed E-state index contributed by atoms with van der Waals surface area (Å²) < 4.78 is 37.7. The second kappa shape index (κ2) is 3.01. The molecule has 1 aromatic heterocycles. The minimum atomic E-state index is -4.59. The van der Waals surface area contributed by atoms with Crippen molar-refractivity contribution in [3.05, 3.63) is 22.8 Å². The summed E-state index contributed by atoms with van der Waals surface area (Å²) in [6.45, 7) is 1.39. The third kappa shape index (κ3) is 1.60. The zero-order valence-corrected chi connectivity index (χ0v) is 7.85. The van der Waals surface area contributed by atoms with Crippen molar-refractivity contribution in [2.24, 2.45) is 0 Å². The number of aromatic nitrogens is 2. The van der Waals surface area contributed by atoms with E-state index in [0.29, 0.717) is 0 Å². The second-order valence-electron chi connectivity index (χ2n) is 3.36. The van der Waals surface area contributed by atoms with Gasteiger partial charge in [-0.3, -0.25) is 4.79 Å². The van der Waals surface area contributed by atoms with Gasteiger partial charge in [-0.25, -0.2) is 9.97 Å². The molecule has 0 aromatic carbocycles. The fourth-order valence-corrected chi connectivity index (χ4v) is 1.67. The van der Waals surface area contributed by atoms with Crippen LogP contribution >= 0.6 is 0 Å². The van der Waals surface area contributed by atoms with Crippen LogP contribution in [0.3, 0.4) is 0 Å². The lowest BCUT2D eigenvalue weighted by atomic mass is 10.1. The Morgan fingerprint density at radius 1 is 1.20 bits per heavy atom. The highest BCUT2D eigenvalue weighted by Crippen LogP contribution is 2.34. The number of carbonyl (C=O) groups excluding carboxylic acids is 1. The Kier molecular flexibility index (Phi) is 2.02. The van der Waals surface area contributed by atoms with Crippen molar-refractivity contribution in [2.45, 2.75) is 25.9 Å². The van der Waals surface area contributed by atoms with E-state index in [-0.39, 0.29) is 29.9 Å². The smallest absolute Gasteiger partial charge is 0.294 e. The van der Waals surface area contributed by atoms with Crippen LogP contribution in [-0.4, -0.2) is 15.8 Å². The molecule has 0 aliphatic heterocycles. The zero-order chi connectivity index (χ0) is 11.2. The van der Waals surface area contributed by atoms with E-state index in [0.717, 1.165) is 0 Å². The van der Waals surface area contributed by atoms with Crippen molar-refractivity contribution < 1.29 is 18.0 Å². The van der Waals surface area contributed by atoms with Gasteiger partial charge >= 0.3 is 6.18 Å². The molecule has 0 bridgehead atoms. The van der Waals surface area contributed by atoms with Crippen LogP contribution in [0.5, 0.6) is 0 Å². The molecule has 3 nitrogen and oxygen atoms in total. The second-order valence-corrected chi connectivity index (χ2v) is 3.36. The summed E-state index contributed by atoms with van der Waals surface area (Å²) in [5.74, 6) is -0.465. The molecular formula is C9H7F3N2O. The number of hydrogen-bond acceptors (Lipinski definition) is 3. The van der Waals surface area contributed by atoms with Crippen LogP contribution in [0.2, 0.25) is 0 Å². The number of ketones is 1. The van der Waals surface area contributed by atoms with Gasteiger partial charge in [-0.2, -0.15) is 13.2 Å². The molecule has 1 heterocycles. The summed E-state index contributed by atoms with van der Waals surface area (Å²) >= 11 is 0. The van der Waals surface area contributed by atoms with Crippen LogP contribution in [-0.2, 0) is 12.6 Å². The molecule has 0 amide bonds. The molecule has 0 spiro atoms. The number of carbonyl (C=O) groups is 1. The molecule has 0 unspecified atom stereocenters. The molecule has 0 fully saturated rings. The van der Waals surface area contributed by atoms with Crippen molar-refractivity contribution in [1.82, 2.24) is 9.97 Å². The first-order chi connectivity index (χ1) is 6.89. The SMILES string of the molecule is Cc1nc2c(c(C(F)(F)F)n1)C(=O)CC2. The topological polar surface area (TPSA) is 42.9 Å². The Labute approximate surface area is 83.3 Å². The number of nitrogens with zero attached hydrogens (tertiary/aromatic N) is 2. The highest BCUT2D eigenvalue weighted by Gasteiger charge is 2.40. The number of alkyl halides is 3. The summed E-state index contributed by atoms with van der Waals surface area (Å²) in [6.07, 6.45) is -4.21. The van der Waals surface area contributed by atoms with E-state index in [9.17, 15) is 18.0 Å². The summed E-state index contributed by atoms with van der Waals surface area (Å²) in [5, 5.41) is 0. The Morgan fingerprint density at radius 3 is 2.47 bits per heavy atom. The van der Waals surface area contributed by atoms with Gasteiger partial charge in [-0.05, 0) is 13.3 Å². The van der Waals surface area contributed by atoms with E-state index in [4.69, 9.17) is 0 Å². The van der Waals surface area contributed by atoms with Crippen LogP contribution < -0.4 is 0 Å². The lowest BCUT2D eigenvalue weighted by molar-refractivity contribution is -0.141. The quantitative estimate of drug-likeness (QED) is 0.665. The molecular weight excluding hydrogens is 209 g/mol. The maximum absolute atomic E-state index is 12.6. The molecule has 1 aliphatic rings. The van der Waals surface area contributed by atoms with Crippen LogP contribution in [0.1, 0.15) is 34.0 Å². The Bertz CT molecular complexity index is 440. The fraction of sp³-hybridized carbons (Fsp3) is 0.444. The number of hydrogen-bond donors (Lipinski definition) is 0. The number of Topliss-reactive ketones (excluding diaryl/α,β-unsaturated/α-hetero) is 1. The largest absolute Gasteiger partial charge is 0.434 e. The molecule has 0 saturated carbocycles. The van der Waals surface area contributed by atoms with E-state index >= 15 is 0 Å². The molecule has 0 saturated heterocycles. The van der Waals surface area contributed by atoms with Gasteiger partial charge in [0.05, 0.1) is 11.3 Å². The van der Waals surface area contributed by atoms with E-state index in [1.165, 1.54) is 6.92 Å². The van der Waals surface area contributed by atoms with Gasteiger partial charge < -0.3 is 0 Å². The van der Waals surface area contributed by atoms with Crippen LogP contribution in [0.15, 0.2) is 0 Å². The third-order valence-corrected chi connectivity index (χ3v) is 2.23. The van der Waals surface area contributed by atoms with Crippen LogP contribution in [0.25, 0.3) is 0 Å². The average molecular weight is 216 g/mol. The van der Waals surface area contributed by atoms with E-state index in [1.54, 1.807) is 0 Å². The first-order valence-corrected chi connectivity index (χ1v) is 4.37. The van der Waals surface area contributed by atoms with Gasteiger partial charge in [0.25, 0.3) is 0 Å². The van der Waals surface area contributed by atoms with Gasteiger partial charge in [0.15, 0.2) is 11.5 Å². The Balaban J connectivity index is 2.69. The maximum atomic E-state index is 12.6. The first kappa shape index (κ1) is 10.1. The lowest BCUT2D eigenvalue weighted by Crippen LogP contribution is -2.16. The minimum absolute atomic E-state index is 0.0516. The Hall–Kier alpha value is -1.46. The number of fused-ring (bicyclic) bond motifs is 1. The van der Waals surface area contributed by atoms with Crippen molar-refractivity contribution in [3.8, 4) is 0 Å². The van der Waals surface area contributed by atoms with Crippen LogP contribution in [0, 0.1) is 6.92 Å². The first-order valence-electron chi connectivity index (χ1n) is 4.37. The van der Waals surface area contributed by atoms with Gasteiger partial charge in [-0.1, -0.05) is 0 Å². The molecule has 2 rings (SSSR count). The molecule has 15 heavy (non-hydrogen) atoms. The van der Waals surface area contributed by atoms with Crippen molar-refractivity contribution in [1.29, 1.82) is 0 Å². The van der Waals surface area contributed by atoms with Gasteiger partial charge in [0.1, 0.15) is 5.82 Å². The zero-order valence-electron chi connectivity index (χ0n) is 7.85. The average Bonchev–Trinajstić information content (AvgIpc) is 2.44. The standard InChI is InChI=1S/C9H7F3N2O/c1-4-13-5-2-3-6(15)7(5)8(14-4)9(10,11)12/h2-3H2,1H3. The number of rotatable bonds is 0. The number of aryl methyl sites for hydroxylation is 2. The van der Waals surface area contributed by atoms with Crippen LogP contribution in [0.4, 0.5) is 13.2 Å². The van der Waals surface area contributed by atoms with Crippen molar-refractivity contribution in [3.63, 3.8) is 0 Å². The molecule has 0 atom stereocenters. The van der Waals surface area contributed by atoms with Crippen molar-refractivity contribution >= 4 is 5.78 Å². The van der Waals surface area contributed by atoms with E-state index in [2.05, 4.69) is 9.97 Å². The minimum Gasteiger partial charge on any atom is -0.294 e. The fourth-order valence-electron chi connectivity index (χ4n) is 1.67. The maximum Gasteiger partial charge on any atom is 0.434 e. The molecule has 1 aliphatic carbocycles. The highest BCUT2D eigenvalue weighted by atomic mass is 19.4. The van der Waals surface area contributed by atoms with E-state index < -0.39 is 17.7 Å². The number of halogens is 3. The molecule has 6 heteroatoms.